The molecule has 0 amide bonds. The molecule has 1 saturated carbocycles. The Labute approximate surface area is 178 Å². The third-order valence-electron chi connectivity index (χ3n) is 6.34. The van der Waals surface area contributed by atoms with Gasteiger partial charge >= 0.3 is 5.97 Å². The number of allylic oxidation sites excluding steroid dienone is 3. The second-order valence-corrected chi connectivity index (χ2v) is 8.68. The van der Waals surface area contributed by atoms with E-state index in [1.807, 2.05) is 12.2 Å². The quantitative estimate of drug-likeness (QED) is 0.209. The number of carboxylic acid groups (broad SMARTS) is 1. The molecule has 0 saturated heterocycles. The van der Waals surface area contributed by atoms with Crippen molar-refractivity contribution in [1.29, 1.82) is 0 Å². The molecule has 0 aromatic heterocycles. The molecule has 2 heteroatoms. The molecule has 0 heterocycles. The van der Waals surface area contributed by atoms with Gasteiger partial charge in [0.2, 0.25) is 0 Å². The van der Waals surface area contributed by atoms with Crippen LogP contribution in [0.5, 0.6) is 0 Å². The number of carboxylic acids is 1. The van der Waals surface area contributed by atoms with E-state index in [1.165, 1.54) is 75.3 Å². The van der Waals surface area contributed by atoms with E-state index in [2.05, 4.69) is 31.2 Å². The van der Waals surface area contributed by atoms with E-state index < -0.39 is 5.97 Å². The molecule has 1 aliphatic rings. The molecule has 1 N–H and O–H groups in total. The van der Waals surface area contributed by atoms with Gasteiger partial charge in [0.25, 0.3) is 0 Å². The van der Waals surface area contributed by atoms with E-state index in [9.17, 15) is 4.79 Å². The van der Waals surface area contributed by atoms with Crippen LogP contribution < -0.4 is 0 Å². The van der Waals surface area contributed by atoms with Crippen LogP contribution in [-0.2, 0) is 11.2 Å². The fourth-order valence-electron chi connectivity index (χ4n) is 4.51. The highest BCUT2D eigenvalue weighted by Gasteiger charge is 2.21. The summed E-state index contributed by atoms with van der Waals surface area (Å²) in [7, 11) is 0. The number of aryl methyl sites for hydroxylation is 1. The zero-order valence-electron chi connectivity index (χ0n) is 18.3. The topological polar surface area (TPSA) is 37.3 Å². The number of unbranched alkanes of at least 4 members (excludes halogenated alkanes) is 5. The highest BCUT2D eigenvalue weighted by molar-refractivity contribution is 5.80. The highest BCUT2D eigenvalue weighted by atomic mass is 16.4. The van der Waals surface area contributed by atoms with Crippen LogP contribution in [0.15, 0.2) is 48.6 Å². The largest absolute Gasteiger partial charge is 0.478 e. The van der Waals surface area contributed by atoms with Gasteiger partial charge in [-0.15, -0.1) is 0 Å². The molecule has 1 aromatic rings. The predicted octanol–water partition coefficient (Wildman–Crippen LogP) is 7.84. The minimum Gasteiger partial charge on any atom is -0.478 e. The fraction of sp³-hybridized carbons (Fsp3) is 0.593. The molecule has 160 valence electrons. The lowest BCUT2D eigenvalue weighted by molar-refractivity contribution is -0.131. The van der Waals surface area contributed by atoms with Gasteiger partial charge < -0.3 is 5.11 Å². The van der Waals surface area contributed by atoms with Gasteiger partial charge in [0.05, 0.1) is 0 Å². The third kappa shape index (κ3) is 9.96. The average Bonchev–Trinajstić information content (AvgIpc) is 2.74. The molecule has 0 bridgehead atoms. The van der Waals surface area contributed by atoms with Crippen LogP contribution in [0.4, 0.5) is 0 Å². The average molecular weight is 397 g/mol. The maximum Gasteiger partial charge on any atom is 0.328 e. The Morgan fingerprint density at radius 3 is 2.38 bits per heavy atom. The Bertz CT molecular complexity index is 618. The molecule has 0 spiro atoms. The summed E-state index contributed by atoms with van der Waals surface area (Å²) in [6.07, 6.45) is 23.8. The zero-order valence-corrected chi connectivity index (χ0v) is 18.3. The summed E-state index contributed by atoms with van der Waals surface area (Å²) in [5, 5.41) is 8.53. The van der Waals surface area contributed by atoms with E-state index in [1.54, 1.807) is 6.08 Å². The molecular weight excluding hydrogens is 356 g/mol. The van der Waals surface area contributed by atoms with E-state index in [-0.39, 0.29) is 0 Å². The van der Waals surface area contributed by atoms with Crippen LogP contribution in [0, 0.1) is 5.92 Å². The van der Waals surface area contributed by atoms with Crippen molar-refractivity contribution in [2.45, 2.75) is 96.3 Å². The first-order valence-corrected chi connectivity index (χ1v) is 11.8. The van der Waals surface area contributed by atoms with Gasteiger partial charge in [0.1, 0.15) is 0 Å². The Morgan fingerprint density at radius 1 is 0.966 bits per heavy atom. The Kier molecular flexibility index (Phi) is 11.5. The van der Waals surface area contributed by atoms with Crippen LogP contribution >= 0.6 is 0 Å². The summed E-state index contributed by atoms with van der Waals surface area (Å²) >= 11 is 0. The summed E-state index contributed by atoms with van der Waals surface area (Å²) in [5.74, 6) is 0.848. The summed E-state index contributed by atoms with van der Waals surface area (Å²) in [5.41, 5.74) is 2.94. The van der Waals surface area contributed by atoms with Crippen LogP contribution in [0.1, 0.15) is 101 Å². The van der Waals surface area contributed by atoms with Gasteiger partial charge in [-0.05, 0) is 67.9 Å². The van der Waals surface area contributed by atoms with Gasteiger partial charge in [0.15, 0.2) is 0 Å². The SMILES string of the molecule is CCCCCCCC1CCC(c2ccc(CCCC=CC=CC(=O)O)cc2)CC1. The Balaban J connectivity index is 1.63. The molecule has 1 fully saturated rings. The van der Waals surface area contributed by atoms with Crippen molar-refractivity contribution in [3.8, 4) is 0 Å². The number of aliphatic carboxylic acids is 1. The van der Waals surface area contributed by atoms with E-state index in [4.69, 9.17) is 5.11 Å². The summed E-state index contributed by atoms with van der Waals surface area (Å²) < 4.78 is 0. The minimum atomic E-state index is -0.898. The highest BCUT2D eigenvalue weighted by Crippen LogP contribution is 2.37. The van der Waals surface area contributed by atoms with Crippen molar-refractivity contribution in [1.82, 2.24) is 0 Å². The molecular formula is C27H40O2. The van der Waals surface area contributed by atoms with Crippen LogP contribution in [0.3, 0.4) is 0 Å². The first-order chi connectivity index (χ1) is 14.2. The second-order valence-electron chi connectivity index (χ2n) is 8.68. The monoisotopic (exact) mass is 396 g/mol. The van der Waals surface area contributed by atoms with E-state index in [0.717, 1.165) is 37.2 Å². The van der Waals surface area contributed by atoms with Crippen molar-refractivity contribution < 1.29 is 9.90 Å². The molecule has 0 unspecified atom stereocenters. The Hall–Kier alpha value is -1.83. The lowest BCUT2D eigenvalue weighted by atomic mass is 9.77. The van der Waals surface area contributed by atoms with E-state index in [0.29, 0.717) is 0 Å². The molecule has 29 heavy (non-hydrogen) atoms. The molecule has 1 aliphatic carbocycles. The molecule has 2 nitrogen and oxygen atoms in total. The maximum atomic E-state index is 10.4. The number of benzene rings is 1. The Morgan fingerprint density at radius 2 is 1.69 bits per heavy atom. The van der Waals surface area contributed by atoms with Gasteiger partial charge in [0, 0.05) is 6.08 Å². The van der Waals surface area contributed by atoms with Crippen LogP contribution in [0.2, 0.25) is 0 Å². The second kappa shape index (κ2) is 14.2. The first-order valence-electron chi connectivity index (χ1n) is 11.8. The minimum absolute atomic E-state index is 0.768. The van der Waals surface area contributed by atoms with Crippen molar-refractivity contribution >= 4 is 5.97 Å². The lowest BCUT2D eigenvalue weighted by Gasteiger charge is -2.29. The van der Waals surface area contributed by atoms with Crippen LogP contribution in [-0.4, -0.2) is 11.1 Å². The van der Waals surface area contributed by atoms with Gasteiger partial charge in [-0.3, -0.25) is 0 Å². The van der Waals surface area contributed by atoms with Crippen molar-refractivity contribution in [3.05, 3.63) is 59.7 Å². The first kappa shape index (κ1) is 23.4. The van der Waals surface area contributed by atoms with Gasteiger partial charge in [-0.1, -0.05) is 87.9 Å². The van der Waals surface area contributed by atoms with E-state index >= 15 is 0 Å². The van der Waals surface area contributed by atoms with Crippen molar-refractivity contribution in [3.63, 3.8) is 0 Å². The smallest absolute Gasteiger partial charge is 0.328 e. The zero-order chi connectivity index (χ0) is 20.7. The number of carbonyl (C=O) groups is 1. The predicted molar refractivity (Wildman–Crippen MR) is 123 cm³/mol. The van der Waals surface area contributed by atoms with Crippen LogP contribution in [0.25, 0.3) is 0 Å². The number of rotatable bonds is 13. The standard InChI is InChI=1S/C27H40O2/c1-2-3-4-6-9-12-23-15-19-25(20-16-23)26-21-17-24(18-22-26)13-10-7-5-8-11-14-27(28)29/h5,8,11,14,17-18,21-23,25H,2-4,6-7,9-10,12-13,15-16,19-20H2,1H3,(H,28,29). The molecule has 0 atom stereocenters. The van der Waals surface area contributed by atoms with Gasteiger partial charge in [-0.2, -0.15) is 0 Å². The molecule has 0 aliphatic heterocycles. The van der Waals surface area contributed by atoms with Crippen molar-refractivity contribution in [2.24, 2.45) is 5.92 Å². The summed E-state index contributed by atoms with van der Waals surface area (Å²) in [4.78, 5) is 10.4. The molecule has 1 aromatic carbocycles. The van der Waals surface area contributed by atoms with Crippen molar-refractivity contribution in [2.75, 3.05) is 0 Å². The fourth-order valence-corrected chi connectivity index (χ4v) is 4.51. The normalized spacial score (nSPS) is 19.9. The summed E-state index contributed by atoms with van der Waals surface area (Å²) in [6, 6.07) is 9.33. The summed E-state index contributed by atoms with van der Waals surface area (Å²) in [6.45, 7) is 2.29. The third-order valence-corrected chi connectivity index (χ3v) is 6.34. The molecule has 2 rings (SSSR count). The number of hydrogen-bond donors (Lipinski definition) is 1. The molecule has 0 radical (unpaired) electrons. The maximum absolute atomic E-state index is 10.4. The lowest BCUT2D eigenvalue weighted by Crippen LogP contribution is -2.13. The van der Waals surface area contributed by atoms with Gasteiger partial charge in [-0.25, -0.2) is 4.79 Å². The number of hydrogen-bond acceptors (Lipinski definition) is 1.